The Balaban J connectivity index is 1.61. The summed E-state index contributed by atoms with van der Waals surface area (Å²) in [6, 6.07) is 57.7. The van der Waals surface area contributed by atoms with E-state index in [1.807, 2.05) is 0 Å². The van der Waals surface area contributed by atoms with Crippen molar-refractivity contribution in [2.24, 2.45) is 0 Å². The van der Waals surface area contributed by atoms with Crippen molar-refractivity contribution in [1.82, 2.24) is 0 Å². The van der Waals surface area contributed by atoms with Crippen molar-refractivity contribution in [2.45, 2.75) is 0 Å². The third-order valence-electron chi connectivity index (χ3n) is 8.28. The highest BCUT2D eigenvalue weighted by Gasteiger charge is 2.38. The SMILES string of the molecule is C=C[Si](c1ccccc1)(c1ccccc1)c1ccc2ccc([Si](C=C)(c3ccccc3)c3ccccc3)cc2c1. The molecule has 0 fully saturated rings. The van der Waals surface area contributed by atoms with Gasteiger partial charge in [-0.1, -0.05) is 169 Å². The summed E-state index contributed by atoms with van der Waals surface area (Å²) in [5.74, 6) is 0. The van der Waals surface area contributed by atoms with E-state index in [-0.39, 0.29) is 0 Å². The molecule has 0 bridgehead atoms. The molecule has 6 rings (SSSR count). The van der Waals surface area contributed by atoms with Crippen LogP contribution in [-0.2, 0) is 0 Å². The molecule has 40 heavy (non-hydrogen) atoms. The van der Waals surface area contributed by atoms with Gasteiger partial charge in [-0.25, -0.2) is 0 Å². The topological polar surface area (TPSA) is 0 Å². The third-order valence-corrected chi connectivity index (χ3v) is 16.9. The van der Waals surface area contributed by atoms with Crippen molar-refractivity contribution in [2.75, 3.05) is 0 Å². The molecule has 0 aliphatic heterocycles. The number of fused-ring (bicyclic) bond motifs is 1. The molecule has 0 atom stereocenters. The van der Waals surface area contributed by atoms with Crippen LogP contribution in [0.1, 0.15) is 0 Å². The van der Waals surface area contributed by atoms with Crippen LogP contribution in [0.25, 0.3) is 10.8 Å². The van der Waals surface area contributed by atoms with E-state index in [0.29, 0.717) is 0 Å². The van der Waals surface area contributed by atoms with Crippen LogP contribution in [0, 0.1) is 0 Å². The van der Waals surface area contributed by atoms with Crippen LogP contribution in [0.5, 0.6) is 0 Å². The van der Waals surface area contributed by atoms with Crippen LogP contribution in [0.2, 0.25) is 0 Å². The molecular weight excluding hydrogens is 513 g/mol. The van der Waals surface area contributed by atoms with Gasteiger partial charge in [-0.3, -0.25) is 0 Å². The predicted octanol–water partition coefficient (Wildman–Crippen LogP) is 5.23. The van der Waals surface area contributed by atoms with Crippen molar-refractivity contribution in [1.29, 1.82) is 0 Å². The van der Waals surface area contributed by atoms with Gasteiger partial charge in [0.15, 0.2) is 16.1 Å². The molecule has 6 aromatic rings. The van der Waals surface area contributed by atoms with E-state index in [4.69, 9.17) is 0 Å². The predicted molar refractivity (Wildman–Crippen MR) is 179 cm³/mol. The summed E-state index contributed by atoms with van der Waals surface area (Å²) in [7, 11) is -4.92. The molecule has 0 aliphatic carbocycles. The van der Waals surface area contributed by atoms with Gasteiger partial charge in [0.1, 0.15) is 0 Å². The first-order valence-electron chi connectivity index (χ1n) is 13.8. The second-order valence-corrected chi connectivity index (χ2v) is 17.8. The first kappa shape index (κ1) is 25.8. The summed E-state index contributed by atoms with van der Waals surface area (Å²) in [4.78, 5) is 0. The Hall–Kier alpha value is -4.51. The molecule has 0 saturated heterocycles. The van der Waals surface area contributed by atoms with Crippen LogP contribution in [0.15, 0.2) is 182 Å². The van der Waals surface area contributed by atoms with Gasteiger partial charge < -0.3 is 0 Å². The van der Waals surface area contributed by atoms with Crippen molar-refractivity contribution < 1.29 is 0 Å². The standard InChI is InChI=1S/C38H32Si2/c1-3-39(33-17-9-5-10-18-33,34-19-11-6-12-20-34)37-27-25-31-26-28-38(30-32(31)29-37)40(4-2,35-21-13-7-14-22-35)36-23-15-8-16-24-36/h3-30H,1-2H2. The van der Waals surface area contributed by atoms with Gasteiger partial charge in [0.05, 0.1) is 0 Å². The molecule has 6 aromatic carbocycles. The molecule has 0 spiro atoms. The average molecular weight is 545 g/mol. The Kier molecular flexibility index (Phi) is 7.04. The molecular formula is C38H32Si2. The van der Waals surface area contributed by atoms with Crippen LogP contribution in [-0.4, -0.2) is 16.1 Å². The van der Waals surface area contributed by atoms with E-state index in [0.717, 1.165) is 0 Å². The Bertz CT molecular complexity index is 1550. The summed E-state index contributed by atoms with van der Waals surface area (Å²) in [6.45, 7) is 8.89. The zero-order valence-corrected chi connectivity index (χ0v) is 24.6. The minimum Gasteiger partial charge on any atom is -0.106 e. The molecule has 0 aliphatic rings. The number of hydrogen-bond acceptors (Lipinski definition) is 0. The molecule has 192 valence electrons. The maximum atomic E-state index is 4.45. The largest absolute Gasteiger partial charge is 0.171 e. The molecule has 0 aromatic heterocycles. The fourth-order valence-corrected chi connectivity index (χ4v) is 14.0. The first-order valence-corrected chi connectivity index (χ1v) is 17.9. The van der Waals surface area contributed by atoms with Gasteiger partial charge >= 0.3 is 0 Å². The number of hydrogen-bond donors (Lipinski definition) is 0. The Morgan fingerprint density at radius 2 is 0.625 bits per heavy atom. The highest BCUT2D eigenvalue weighted by atomic mass is 28.3. The van der Waals surface area contributed by atoms with Gasteiger partial charge in [0.25, 0.3) is 0 Å². The highest BCUT2D eigenvalue weighted by molar-refractivity contribution is 7.15. The third kappa shape index (κ3) is 4.22. The zero-order valence-electron chi connectivity index (χ0n) is 22.6. The summed E-state index contributed by atoms with van der Waals surface area (Å²) < 4.78 is 0. The van der Waals surface area contributed by atoms with E-state index < -0.39 is 16.1 Å². The first-order chi connectivity index (χ1) is 19.7. The van der Waals surface area contributed by atoms with Crippen molar-refractivity contribution in [3.63, 3.8) is 0 Å². The van der Waals surface area contributed by atoms with Crippen molar-refractivity contribution >= 4 is 58.0 Å². The highest BCUT2D eigenvalue weighted by Crippen LogP contribution is 2.18. The van der Waals surface area contributed by atoms with Gasteiger partial charge in [-0.15, -0.1) is 13.2 Å². The molecule has 0 heterocycles. The zero-order chi connectivity index (χ0) is 27.4. The summed E-state index contributed by atoms with van der Waals surface area (Å²) in [5, 5.41) is 10.6. The summed E-state index contributed by atoms with van der Waals surface area (Å²) in [6.07, 6.45) is 0. The molecule has 0 N–H and O–H groups in total. The Labute approximate surface area is 239 Å². The lowest BCUT2D eigenvalue weighted by atomic mass is 10.1. The van der Waals surface area contributed by atoms with E-state index in [1.54, 1.807) is 0 Å². The molecule has 0 nitrogen and oxygen atoms in total. The minimum absolute atomic E-state index is 1.24. The monoisotopic (exact) mass is 544 g/mol. The fraction of sp³-hybridized carbons (Fsp3) is 0. The van der Waals surface area contributed by atoms with E-state index in [9.17, 15) is 0 Å². The van der Waals surface area contributed by atoms with Crippen LogP contribution in [0.4, 0.5) is 0 Å². The average Bonchev–Trinajstić information content (AvgIpc) is 3.04. The molecule has 0 radical (unpaired) electrons. The smallest absolute Gasteiger partial charge is 0.106 e. The van der Waals surface area contributed by atoms with Crippen LogP contribution in [0.3, 0.4) is 0 Å². The lowest BCUT2D eigenvalue weighted by Crippen LogP contribution is -2.66. The Morgan fingerprint density at radius 3 is 0.900 bits per heavy atom. The van der Waals surface area contributed by atoms with E-state index >= 15 is 0 Å². The maximum Gasteiger partial charge on any atom is 0.171 e. The fourth-order valence-electron chi connectivity index (χ4n) is 6.25. The number of rotatable bonds is 8. The summed E-state index contributed by atoms with van der Waals surface area (Å²) >= 11 is 0. The lowest BCUT2D eigenvalue weighted by Gasteiger charge is -2.32. The van der Waals surface area contributed by atoms with Gasteiger partial charge in [0.2, 0.25) is 0 Å². The van der Waals surface area contributed by atoms with Crippen LogP contribution < -0.4 is 31.1 Å². The second kappa shape index (κ2) is 10.9. The van der Waals surface area contributed by atoms with E-state index in [2.05, 4.69) is 182 Å². The van der Waals surface area contributed by atoms with Gasteiger partial charge in [-0.05, 0) is 41.9 Å². The second-order valence-electron chi connectivity index (χ2n) is 10.3. The van der Waals surface area contributed by atoms with Gasteiger partial charge in [0, 0.05) is 0 Å². The van der Waals surface area contributed by atoms with Gasteiger partial charge in [-0.2, -0.15) is 0 Å². The lowest BCUT2D eigenvalue weighted by molar-refractivity contribution is 1.69. The maximum absolute atomic E-state index is 4.45. The normalized spacial score (nSPS) is 11.7. The van der Waals surface area contributed by atoms with Crippen LogP contribution >= 0.6 is 0 Å². The van der Waals surface area contributed by atoms with Crippen molar-refractivity contribution in [3.8, 4) is 0 Å². The number of benzene rings is 6. The molecule has 2 heteroatoms. The molecule has 0 unspecified atom stereocenters. The quantitative estimate of drug-likeness (QED) is 0.182. The summed E-state index contributed by atoms with van der Waals surface area (Å²) in [5.41, 5.74) is 4.47. The minimum atomic E-state index is -2.46. The Morgan fingerprint density at radius 1 is 0.325 bits per heavy atom. The molecule has 0 amide bonds. The van der Waals surface area contributed by atoms with Crippen molar-refractivity contribution in [3.05, 3.63) is 182 Å². The van der Waals surface area contributed by atoms with E-state index in [1.165, 1.54) is 41.9 Å². The molecule has 0 saturated carbocycles.